The van der Waals surface area contributed by atoms with E-state index < -0.39 is 6.04 Å². The van der Waals surface area contributed by atoms with Crippen molar-refractivity contribution in [1.29, 1.82) is 0 Å². The van der Waals surface area contributed by atoms with Crippen LogP contribution in [0.3, 0.4) is 0 Å². The molecule has 4 rings (SSSR count). The van der Waals surface area contributed by atoms with Gasteiger partial charge in [0.05, 0.1) is 7.92 Å². The Morgan fingerprint density at radius 1 is 1.25 bits per heavy atom. The van der Waals surface area contributed by atoms with Crippen molar-refractivity contribution >= 4 is 23.2 Å². The number of benzene rings is 2. The van der Waals surface area contributed by atoms with Gasteiger partial charge in [-0.25, -0.2) is 0 Å². The van der Waals surface area contributed by atoms with E-state index in [1.54, 1.807) is 30.1 Å². The standard InChI is InChI=1S/C23H23N3O2/c1-26-21-10-6-5-9-18(21)11-12-19(23(26)28)25-22(27)20-14-17(15-24-20)13-16-7-3-2-4-8-16/h2-10,14,19H,11-13,15H2,1H3,(H,25,27)/t19-/m0/s1/i5D. The summed E-state index contributed by atoms with van der Waals surface area (Å²) in [5, 5.41) is 2.86. The van der Waals surface area contributed by atoms with Gasteiger partial charge in [-0.05, 0) is 48.1 Å². The monoisotopic (exact) mass is 374 g/mol. The molecule has 2 heterocycles. The molecule has 1 atom stereocenters. The zero-order chi connectivity index (χ0) is 20.4. The Morgan fingerprint density at radius 2 is 2.07 bits per heavy atom. The number of carbonyl (C=O) groups excluding carboxylic acids is 2. The minimum absolute atomic E-state index is 0.151. The zero-order valence-electron chi connectivity index (χ0n) is 16.8. The molecule has 0 saturated carbocycles. The van der Waals surface area contributed by atoms with E-state index in [9.17, 15) is 9.59 Å². The van der Waals surface area contributed by atoms with Crippen LogP contribution < -0.4 is 10.2 Å². The largest absolute Gasteiger partial charge is 0.339 e. The summed E-state index contributed by atoms with van der Waals surface area (Å²) in [6, 6.07) is 15.1. The van der Waals surface area contributed by atoms with Gasteiger partial charge in [0.2, 0.25) is 5.91 Å². The number of aliphatic imine (C=N–C) groups is 1. The van der Waals surface area contributed by atoms with Gasteiger partial charge in [-0.15, -0.1) is 0 Å². The molecule has 0 bridgehead atoms. The average Bonchev–Trinajstić information content (AvgIpc) is 3.15. The topological polar surface area (TPSA) is 61.8 Å². The van der Waals surface area contributed by atoms with Crippen LogP contribution in [0.5, 0.6) is 0 Å². The fraction of sp³-hybridized carbons (Fsp3) is 0.261. The number of nitrogens with one attached hydrogen (secondary N) is 1. The number of nitrogens with zero attached hydrogens (tertiary/aromatic N) is 2. The molecule has 142 valence electrons. The Kier molecular flexibility index (Phi) is 4.72. The molecule has 0 fully saturated rings. The number of amides is 2. The quantitative estimate of drug-likeness (QED) is 0.894. The maximum Gasteiger partial charge on any atom is 0.270 e. The third-order valence-electron chi connectivity index (χ3n) is 5.22. The van der Waals surface area contributed by atoms with Crippen molar-refractivity contribution in [2.45, 2.75) is 25.3 Å². The lowest BCUT2D eigenvalue weighted by Gasteiger charge is -2.22. The Bertz CT molecular complexity index is 1010. The number of rotatable bonds is 4. The second kappa shape index (κ2) is 7.80. The minimum atomic E-state index is -0.608. The fourth-order valence-electron chi connectivity index (χ4n) is 3.70. The highest BCUT2D eigenvalue weighted by molar-refractivity contribution is 6.44. The van der Waals surface area contributed by atoms with Gasteiger partial charge < -0.3 is 10.2 Å². The Labute approximate surface area is 166 Å². The lowest BCUT2D eigenvalue weighted by Crippen LogP contribution is -2.48. The lowest BCUT2D eigenvalue weighted by atomic mass is 10.0. The van der Waals surface area contributed by atoms with Crippen LogP contribution in [0.15, 0.2) is 71.2 Å². The summed E-state index contributed by atoms with van der Waals surface area (Å²) in [5.74, 6) is -0.464. The van der Waals surface area contributed by atoms with Gasteiger partial charge in [0.15, 0.2) is 0 Å². The van der Waals surface area contributed by atoms with Crippen molar-refractivity contribution in [2.75, 3.05) is 18.5 Å². The first-order valence-electron chi connectivity index (χ1n) is 9.97. The molecule has 2 aliphatic rings. The number of anilines is 1. The van der Waals surface area contributed by atoms with E-state index in [1.807, 2.05) is 24.3 Å². The number of hydrogen-bond donors (Lipinski definition) is 1. The van der Waals surface area contributed by atoms with Crippen molar-refractivity contribution in [3.8, 4) is 0 Å². The van der Waals surface area contributed by atoms with Gasteiger partial charge in [0, 0.05) is 12.7 Å². The SMILES string of the molecule is [2H]c1ccc2c(c1)CC[C@H](NC(=O)C1=NCC(Cc3ccccc3)=C1)C(=O)N2C. The summed E-state index contributed by atoms with van der Waals surface area (Å²) in [6.45, 7) is 0.508. The van der Waals surface area contributed by atoms with E-state index in [0.29, 0.717) is 31.1 Å². The van der Waals surface area contributed by atoms with Crippen LogP contribution in [0.2, 0.25) is 0 Å². The number of fused-ring (bicyclic) bond motifs is 1. The summed E-state index contributed by atoms with van der Waals surface area (Å²) in [5.41, 5.74) is 4.39. The second-order valence-corrected chi connectivity index (χ2v) is 7.18. The zero-order valence-corrected chi connectivity index (χ0v) is 15.8. The minimum Gasteiger partial charge on any atom is -0.339 e. The number of para-hydroxylation sites is 1. The molecule has 5 nitrogen and oxygen atoms in total. The Hall–Kier alpha value is -3.21. The van der Waals surface area contributed by atoms with E-state index in [1.165, 1.54) is 5.56 Å². The van der Waals surface area contributed by atoms with Crippen molar-refractivity contribution in [1.82, 2.24) is 5.32 Å². The van der Waals surface area contributed by atoms with Gasteiger partial charge in [0.1, 0.15) is 11.8 Å². The lowest BCUT2D eigenvalue weighted by molar-refractivity contribution is -0.124. The van der Waals surface area contributed by atoms with Crippen LogP contribution in [0, 0.1) is 0 Å². The highest BCUT2D eigenvalue weighted by Crippen LogP contribution is 2.25. The van der Waals surface area contributed by atoms with E-state index in [4.69, 9.17) is 1.37 Å². The van der Waals surface area contributed by atoms with E-state index >= 15 is 0 Å². The summed E-state index contributed by atoms with van der Waals surface area (Å²) in [7, 11) is 1.71. The predicted molar refractivity (Wildman–Crippen MR) is 111 cm³/mol. The first-order valence-corrected chi connectivity index (χ1v) is 9.47. The highest BCUT2D eigenvalue weighted by atomic mass is 16.2. The molecule has 5 heteroatoms. The van der Waals surface area contributed by atoms with Crippen LogP contribution >= 0.6 is 0 Å². The Balaban J connectivity index is 1.43. The van der Waals surface area contributed by atoms with Crippen LogP contribution in [0.4, 0.5) is 5.69 Å². The van der Waals surface area contributed by atoms with E-state index in [2.05, 4.69) is 22.4 Å². The molecule has 28 heavy (non-hydrogen) atoms. The first-order chi connectivity index (χ1) is 14.0. The number of carbonyl (C=O) groups is 2. The molecule has 0 radical (unpaired) electrons. The molecular formula is C23H23N3O2. The molecule has 0 aromatic heterocycles. The average molecular weight is 374 g/mol. The van der Waals surface area contributed by atoms with Gasteiger partial charge in [-0.3, -0.25) is 14.6 Å². The molecular weight excluding hydrogens is 350 g/mol. The van der Waals surface area contributed by atoms with Gasteiger partial charge in [-0.1, -0.05) is 48.5 Å². The fourth-order valence-corrected chi connectivity index (χ4v) is 3.70. The number of hydrogen-bond acceptors (Lipinski definition) is 3. The summed E-state index contributed by atoms with van der Waals surface area (Å²) < 4.78 is 7.80. The number of aryl methyl sites for hydroxylation is 1. The van der Waals surface area contributed by atoms with Crippen molar-refractivity contribution < 1.29 is 11.0 Å². The van der Waals surface area contributed by atoms with Crippen molar-refractivity contribution in [3.63, 3.8) is 0 Å². The number of likely N-dealkylation sites (N-methyl/N-ethyl adjacent to an activating group) is 1. The highest BCUT2D eigenvalue weighted by Gasteiger charge is 2.30. The second-order valence-electron chi connectivity index (χ2n) is 7.18. The van der Waals surface area contributed by atoms with Crippen molar-refractivity contribution in [3.05, 3.63) is 77.3 Å². The molecule has 0 saturated heterocycles. The predicted octanol–water partition coefficient (Wildman–Crippen LogP) is 2.70. The Morgan fingerprint density at radius 3 is 2.89 bits per heavy atom. The molecule has 0 unspecified atom stereocenters. The molecule has 2 aromatic carbocycles. The molecule has 2 amide bonds. The van der Waals surface area contributed by atoms with Crippen molar-refractivity contribution in [2.24, 2.45) is 4.99 Å². The van der Waals surface area contributed by atoms with Crippen LogP contribution in [-0.2, 0) is 22.4 Å². The molecule has 0 spiro atoms. The molecule has 2 aromatic rings. The molecule has 2 aliphatic heterocycles. The van der Waals surface area contributed by atoms with Crippen LogP contribution in [-0.4, -0.2) is 37.2 Å². The van der Waals surface area contributed by atoms with E-state index in [0.717, 1.165) is 23.2 Å². The van der Waals surface area contributed by atoms with Gasteiger partial charge in [-0.2, -0.15) is 0 Å². The van der Waals surface area contributed by atoms with Gasteiger partial charge >= 0.3 is 0 Å². The normalized spacial score (nSPS) is 19.3. The third kappa shape index (κ3) is 3.74. The van der Waals surface area contributed by atoms with Crippen LogP contribution in [0.1, 0.15) is 18.9 Å². The smallest absolute Gasteiger partial charge is 0.270 e. The third-order valence-corrected chi connectivity index (χ3v) is 5.22. The molecule has 0 aliphatic carbocycles. The maximum absolute atomic E-state index is 12.9. The molecule has 1 N–H and O–H groups in total. The summed E-state index contributed by atoms with van der Waals surface area (Å²) in [4.78, 5) is 31.5. The van der Waals surface area contributed by atoms with E-state index in [-0.39, 0.29) is 11.8 Å². The first kappa shape index (κ1) is 16.9. The van der Waals surface area contributed by atoms with Gasteiger partial charge in [0.25, 0.3) is 5.91 Å². The summed E-state index contributed by atoms with van der Waals surface area (Å²) >= 11 is 0. The van der Waals surface area contributed by atoms with Crippen LogP contribution in [0.25, 0.3) is 0 Å². The maximum atomic E-state index is 12.9. The summed E-state index contributed by atoms with van der Waals surface area (Å²) in [6.07, 6.45) is 3.72.